The first-order chi connectivity index (χ1) is 8.29. The number of ether oxygens (including phenoxy) is 1. The van der Waals surface area contributed by atoms with E-state index in [1.165, 1.54) is 32.1 Å². The van der Waals surface area contributed by atoms with E-state index in [1.54, 1.807) is 0 Å². The molecule has 1 atom stereocenters. The minimum atomic E-state index is -0.00917. The molecule has 106 valence electrons. The Bertz CT molecular complexity index is 286. The van der Waals surface area contributed by atoms with Gasteiger partial charge in [-0.3, -0.25) is 5.32 Å². The summed E-state index contributed by atoms with van der Waals surface area (Å²) in [6.45, 7) is 12.7. The van der Waals surface area contributed by atoms with E-state index in [1.807, 2.05) is 0 Å². The molecule has 1 aliphatic heterocycles. The van der Waals surface area contributed by atoms with Gasteiger partial charge in [0.1, 0.15) is 5.72 Å². The van der Waals surface area contributed by atoms with Crippen molar-refractivity contribution >= 4 is 0 Å². The quantitative estimate of drug-likeness (QED) is 0.759. The van der Waals surface area contributed by atoms with Gasteiger partial charge in [-0.05, 0) is 56.8 Å². The zero-order valence-corrected chi connectivity index (χ0v) is 12.9. The van der Waals surface area contributed by atoms with E-state index in [0.29, 0.717) is 5.41 Å². The van der Waals surface area contributed by atoms with Gasteiger partial charge in [-0.25, -0.2) is 0 Å². The van der Waals surface area contributed by atoms with Crippen LogP contribution in [0.2, 0.25) is 0 Å². The van der Waals surface area contributed by atoms with Crippen LogP contribution in [0, 0.1) is 11.3 Å². The summed E-state index contributed by atoms with van der Waals surface area (Å²) in [5.74, 6) is 0.850. The van der Waals surface area contributed by atoms with Crippen LogP contribution in [0.5, 0.6) is 0 Å². The predicted molar refractivity (Wildman–Crippen MR) is 76.5 cm³/mol. The van der Waals surface area contributed by atoms with Crippen molar-refractivity contribution in [2.75, 3.05) is 6.61 Å². The minimum absolute atomic E-state index is 0.00917. The average Bonchev–Trinajstić information content (AvgIpc) is 2.28. The Morgan fingerprint density at radius 3 is 2.28 bits per heavy atom. The molecule has 2 rings (SSSR count). The molecule has 1 spiro atoms. The molecule has 1 saturated heterocycles. The fourth-order valence-electron chi connectivity index (χ4n) is 3.60. The second-order valence-electron chi connectivity index (χ2n) is 7.77. The first kappa shape index (κ1) is 14.3. The Kier molecular flexibility index (Phi) is 3.81. The number of nitrogens with one attached hydrogen (secondary N) is 1. The highest BCUT2D eigenvalue weighted by Gasteiger charge is 2.45. The van der Waals surface area contributed by atoms with Crippen LogP contribution in [0.25, 0.3) is 0 Å². The maximum Gasteiger partial charge on any atom is 0.119 e. The molecule has 1 heterocycles. The van der Waals surface area contributed by atoms with Gasteiger partial charge in [-0.2, -0.15) is 0 Å². The van der Waals surface area contributed by atoms with Crippen LogP contribution in [-0.2, 0) is 4.74 Å². The van der Waals surface area contributed by atoms with E-state index in [2.05, 4.69) is 39.9 Å². The van der Waals surface area contributed by atoms with Gasteiger partial charge >= 0.3 is 0 Å². The molecule has 0 radical (unpaired) electrons. The number of rotatable bonds is 1. The molecule has 2 fully saturated rings. The van der Waals surface area contributed by atoms with Gasteiger partial charge in [0, 0.05) is 5.54 Å². The summed E-state index contributed by atoms with van der Waals surface area (Å²) < 4.78 is 6.15. The van der Waals surface area contributed by atoms with E-state index in [0.717, 1.165) is 18.9 Å². The van der Waals surface area contributed by atoms with E-state index in [-0.39, 0.29) is 11.3 Å². The molecule has 1 aliphatic carbocycles. The molecule has 1 N–H and O–H groups in total. The highest BCUT2D eigenvalue weighted by Crippen LogP contribution is 2.44. The van der Waals surface area contributed by atoms with E-state index < -0.39 is 0 Å². The van der Waals surface area contributed by atoms with Gasteiger partial charge in [-0.1, -0.05) is 27.7 Å². The van der Waals surface area contributed by atoms with Crippen molar-refractivity contribution in [3.63, 3.8) is 0 Å². The van der Waals surface area contributed by atoms with Gasteiger partial charge in [0.05, 0.1) is 6.61 Å². The highest BCUT2D eigenvalue weighted by molar-refractivity contribution is 4.97. The Morgan fingerprint density at radius 2 is 1.78 bits per heavy atom. The maximum absolute atomic E-state index is 6.15. The third kappa shape index (κ3) is 2.91. The first-order valence-electron chi connectivity index (χ1n) is 7.72. The van der Waals surface area contributed by atoms with Crippen LogP contribution >= 0.6 is 0 Å². The maximum atomic E-state index is 6.15. The van der Waals surface area contributed by atoms with Crippen LogP contribution in [0.1, 0.15) is 73.1 Å². The largest absolute Gasteiger partial charge is 0.361 e. The molecule has 0 aromatic heterocycles. The van der Waals surface area contributed by atoms with Gasteiger partial charge in [0.2, 0.25) is 0 Å². The summed E-state index contributed by atoms with van der Waals surface area (Å²) in [6, 6.07) is 0. The molecule has 1 unspecified atom stereocenters. The Morgan fingerprint density at radius 1 is 1.17 bits per heavy atom. The van der Waals surface area contributed by atoms with Crippen molar-refractivity contribution in [3.05, 3.63) is 0 Å². The Hall–Kier alpha value is -0.0800. The molecule has 0 amide bonds. The molecule has 2 heteroatoms. The van der Waals surface area contributed by atoms with Crippen molar-refractivity contribution in [1.82, 2.24) is 5.32 Å². The summed E-state index contributed by atoms with van der Waals surface area (Å²) >= 11 is 0. The predicted octanol–water partition coefficient (Wildman–Crippen LogP) is 4.10. The summed E-state index contributed by atoms with van der Waals surface area (Å²) in [5.41, 5.74) is 0.724. The highest BCUT2D eigenvalue weighted by atomic mass is 16.5. The fourth-order valence-corrected chi connectivity index (χ4v) is 3.60. The van der Waals surface area contributed by atoms with Crippen LogP contribution in [0.3, 0.4) is 0 Å². The monoisotopic (exact) mass is 253 g/mol. The second-order valence-corrected chi connectivity index (χ2v) is 7.77. The van der Waals surface area contributed by atoms with E-state index in [4.69, 9.17) is 4.74 Å². The van der Waals surface area contributed by atoms with Crippen LogP contribution in [0.15, 0.2) is 0 Å². The summed E-state index contributed by atoms with van der Waals surface area (Å²) in [5, 5.41) is 3.84. The molecule has 0 aromatic rings. The van der Waals surface area contributed by atoms with E-state index in [9.17, 15) is 0 Å². The van der Waals surface area contributed by atoms with Gasteiger partial charge in [0.25, 0.3) is 0 Å². The van der Waals surface area contributed by atoms with E-state index >= 15 is 0 Å². The number of hydrogen-bond donors (Lipinski definition) is 1. The second kappa shape index (κ2) is 4.79. The first-order valence-corrected chi connectivity index (χ1v) is 7.72. The molecular weight excluding hydrogens is 222 g/mol. The molecule has 2 aliphatic rings. The zero-order chi connectivity index (χ0) is 13.4. The number of hydrogen-bond acceptors (Lipinski definition) is 2. The van der Waals surface area contributed by atoms with Gasteiger partial charge < -0.3 is 4.74 Å². The normalized spacial score (nSPS) is 42.2. The lowest BCUT2D eigenvalue weighted by Crippen LogP contribution is -2.63. The molecular formula is C16H31NO. The fraction of sp³-hybridized carbons (Fsp3) is 1.00. The molecule has 0 aromatic carbocycles. The lowest BCUT2D eigenvalue weighted by atomic mass is 9.69. The smallest absolute Gasteiger partial charge is 0.119 e. The SMILES string of the molecule is CCC1(C)CCOC2(CCC(C(C)(C)C)CC2)N1. The molecule has 0 bridgehead atoms. The third-order valence-corrected chi connectivity index (χ3v) is 5.36. The summed E-state index contributed by atoms with van der Waals surface area (Å²) in [4.78, 5) is 0. The molecule has 1 saturated carbocycles. The van der Waals surface area contributed by atoms with Crippen LogP contribution in [-0.4, -0.2) is 17.9 Å². The molecule has 2 nitrogen and oxygen atoms in total. The van der Waals surface area contributed by atoms with Crippen molar-refractivity contribution in [1.29, 1.82) is 0 Å². The van der Waals surface area contributed by atoms with Crippen molar-refractivity contribution < 1.29 is 4.74 Å². The average molecular weight is 253 g/mol. The van der Waals surface area contributed by atoms with Gasteiger partial charge in [0.15, 0.2) is 0 Å². The third-order valence-electron chi connectivity index (χ3n) is 5.36. The Balaban J connectivity index is 1.99. The standard InChI is InChI=1S/C16H31NO/c1-6-15(5)11-12-18-16(17-15)9-7-13(8-10-16)14(2,3)4/h13,17H,6-12H2,1-5H3. The molecule has 18 heavy (non-hydrogen) atoms. The lowest BCUT2D eigenvalue weighted by Gasteiger charge is -2.51. The van der Waals surface area contributed by atoms with Crippen LogP contribution < -0.4 is 5.32 Å². The van der Waals surface area contributed by atoms with Crippen molar-refractivity contribution in [2.45, 2.75) is 84.4 Å². The minimum Gasteiger partial charge on any atom is -0.361 e. The summed E-state index contributed by atoms with van der Waals surface area (Å²) in [7, 11) is 0. The lowest BCUT2D eigenvalue weighted by molar-refractivity contribution is -0.157. The topological polar surface area (TPSA) is 21.3 Å². The van der Waals surface area contributed by atoms with Gasteiger partial charge in [-0.15, -0.1) is 0 Å². The van der Waals surface area contributed by atoms with Crippen molar-refractivity contribution in [3.8, 4) is 0 Å². The Labute approximate surface area is 113 Å². The van der Waals surface area contributed by atoms with Crippen LogP contribution in [0.4, 0.5) is 0 Å². The van der Waals surface area contributed by atoms with Crippen molar-refractivity contribution in [2.24, 2.45) is 11.3 Å². The zero-order valence-electron chi connectivity index (χ0n) is 12.9. The summed E-state index contributed by atoms with van der Waals surface area (Å²) in [6.07, 6.45) is 7.32.